The second-order valence-electron chi connectivity index (χ2n) is 9.60. The number of benzene rings is 1. The number of hydrogen-bond acceptors (Lipinski definition) is 6. The van der Waals surface area contributed by atoms with E-state index in [0.717, 1.165) is 46.5 Å². The number of aromatic amines is 2. The standard InChI is InChI=1S/C29H24FN7O/c30-19-6-4-5-17(13-19)22-11-12-32-28-25(22)34-29(35-28)27-26-24(36-37-27)10-9-23(33-26)18-14-21(16-31-15-18)38-20-7-2-1-3-8-20/h4-6,9-16,20H,1-3,7-8H2,(H,36,37)(H,32,34,35). The smallest absolute Gasteiger partial charge is 0.162 e. The Bertz CT molecular complexity index is 1770. The van der Waals surface area contributed by atoms with Crippen LogP contribution in [0.2, 0.25) is 0 Å². The molecular weight excluding hydrogens is 481 g/mol. The van der Waals surface area contributed by atoms with Gasteiger partial charge in [0.25, 0.3) is 0 Å². The summed E-state index contributed by atoms with van der Waals surface area (Å²) >= 11 is 0. The Morgan fingerprint density at radius 1 is 0.895 bits per heavy atom. The Balaban J connectivity index is 1.26. The maximum Gasteiger partial charge on any atom is 0.162 e. The monoisotopic (exact) mass is 505 g/mol. The molecule has 0 unspecified atom stereocenters. The molecule has 2 N–H and O–H groups in total. The van der Waals surface area contributed by atoms with Crippen LogP contribution < -0.4 is 4.74 Å². The van der Waals surface area contributed by atoms with Crippen LogP contribution in [0.3, 0.4) is 0 Å². The fourth-order valence-electron chi connectivity index (χ4n) is 5.14. The highest BCUT2D eigenvalue weighted by atomic mass is 19.1. The van der Waals surface area contributed by atoms with Gasteiger partial charge in [0.05, 0.1) is 23.5 Å². The number of ether oxygens (including phenoxy) is 1. The highest BCUT2D eigenvalue weighted by Crippen LogP contribution is 2.32. The number of nitrogens with zero attached hydrogens (tertiary/aromatic N) is 5. The predicted molar refractivity (Wildman–Crippen MR) is 143 cm³/mol. The molecule has 0 amide bonds. The molecule has 38 heavy (non-hydrogen) atoms. The van der Waals surface area contributed by atoms with Crippen molar-refractivity contribution in [1.82, 2.24) is 35.1 Å². The van der Waals surface area contributed by atoms with Crippen molar-refractivity contribution in [1.29, 1.82) is 0 Å². The normalized spacial score (nSPS) is 14.3. The van der Waals surface area contributed by atoms with Gasteiger partial charge in [-0.2, -0.15) is 5.10 Å². The summed E-state index contributed by atoms with van der Waals surface area (Å²) in [5, 5.41) is 7.54. The van der Waals surface area contributed by atoms with E-state index < -0.39 is 0 Å². The molecule has 188 valence electrons. The fraction of sp³-hybridized carbons (Fsp3) is 0.207. The van der Waals surface area contributed by atoms with Gasteiger partial charge >= 0.3 is 0 Å². The first-order chi connectivity index (χ1) is 18.7. The Morgan fingerprint density at radius 3 is 2.71 bits per heavy atom. The first-order valence-corrected chi connectivity index (χ1v) is 12.8. The van der Waals surface area contributed by atoms with E-state index in [1.165, 1.54) is 31.4 Å². The number of fused-ring (bicyclic) bond motifs is 2. The molecule has 0 saturated heterocycles. The van der Waals surface area contributed by atoms with Crippen LogP contribution in [0.15, 0.2) is 67.1 Å². The van der Waals surface area contributed by atoms with Gasteiger partial charge < -0.3 is 9.72 Å². The largest absolute Gasteiger partial charge is 0.489 e. The molecule has 0 radical (unpaired) electrons. The molecule has 6 aromatic rings. The van der Waals surface area contributed by atoms with Gasteiger partial charge in [0.15, 0.2) is 17.2 Å². The second-order valence-corrected chi connectivity index (χ2v) is 9.60. The van der Waals surface area contributed by atoms with E-state index in [9.17, 15) is 4.39 Å². The topological polar surface area (TPSA) is 105 Å². The van der Waals surface area contributed by atoms with Crippen LogP contribution in [0, 0.1) is 5.82 Å². The van der Waals surface area contributed by atoms with Crippen LogP contribution in [0.1, 0.15) is 32.1 Å². The van der Waals surface area contributed by atoms with Crippen LogP contribution in [0.5, 0.6) is 5.75 Å². The predicted octanol–water partition coefficient (Wildman–Crippen LogP) is 6.48. The Labute approximate surface area is 217 Å². The molecule has 1 aliphatic carbocycles. The minimum Gasteiger partial charge on any atom is -0.489 e. The van der Waals surface area contributed by atoms with E-state index in [4.69, 9.17) is 14.7 Å². The van der Waals surface area contributed by atoms with Gasteiger partial charge in [-0.1, -0.05) is 18.6 Å². The molecule has 0 bridgehead atoms. The number of hydrogen-bond donors (Lipinski definition) is 2. The molecule has 1 fully saturated rings. The van der Waals surface area contributed by atoms with Crippen molar-refractivity contribution in [3.63, 3.8) is 0 Å². The quantitative estimate of drug-likeness (QED) is 0.278. The van der Waals surface area contributed by atoms with E-state index in [1.54, 1.807) is 24.7 Å². The third-order valence-corrected chi connectivity index (χ3v) is 7.02. The van der Waals surface area contributed by atoms with Gasteiger partial charge in [0.1, 0.15) is 22.6 Å². The van der Waals surface area contributed by atoms with Crippen molar-refractivity contribution >= 4 is 22.2 Å². The number of halogens is 1. The maximum absolute atomic E-state index is 13.9. The van der Waals surface area contributed by atoms with Crippen LogP contribution >= 0.6 is 0 Å². The summed E-state index contributed by atoms with van der Waals surface area (Å²) in [6.07, 6.45) is 11.3. The lowest BCUT2D eigenvalue weighted by Crippen LogP contribution is -2.19. The van der Waals surface area contributed by atoms with E-state index in [2.05, 4.69) is 25.1 Å². The van der Waals surface area contributed by atoms with Crippen molar-refractivity contribution in [2.45, 2.75) is 38.2 Å². The van der Waals surface area contributed by atoms with E-state index in [-0.39, 0.29) is 11.9 Å². The molecule has 1 saturated carbocycles. The lowest BCUT2D eigenvalue weighted by atomic mass is 9.98. The van der Waals surface area contributed by atoms with Crippen molar-refractivity contribution in [2.24, 2.45) is 0 Å². The number of H-pyrrole nitrogens is 2. The van der Waals surface area contributed by atoms with Crippen LogP contribution in [-0.4, -0.2) is 41.2 Å². The summed E-state index contributed by atoms with van der Waals surface area (Å²) in [5.41, 5.74) is 6.40. The third kappa shape index (κ3) is 4.15. The van der Waals surface area contributed by atoms with Gasteiger partial charge in [0, 0.05) is 23.5 Å². The number of nitrogens with one attached hydrogen (secondary N) is 2. The molecule has 8 nitrogen and oxygen atoms in total. The zero-order chi connectivity index (χ0) is 25.5. The Hall–Kier alpha value is -4.66. The summed E-state index contributed by atoms with van der Waals surface area (Å²) in [7, 11) is 0. The molecule has 5 heterocycles. The maximum atomic E-state index is 13.9. The van der Waals surface area contributed by atoms with Crippen molar-refractivity contribution in [2.75, 3.05) is 0 Å². The molecule has 9 heteroatoms. The first kappa shape index (κ1) is 22.5. The number of rotatable bonds is 5. The fourth-order valence-corrected chi connectivity index (χ4v) is 5.14. The minimum atomic E-state index is -0.305. The molecule has 5 aromatic heterocycles. The highest BCUT2D eigenvalue weighted by molar-refractivity contribution is 5.94. The molecule has 1 aliphatic rings. The van der Waals surface area contributed by atoms with Gasteiger partial charge in [0.2, 0.25) is 0 Å². The minimum absolute atomic E-state index is 0.246. The van der Waals surface area contributed by atoms with Crippen molar-refractivity contribution < 1.29 is 9.13 Å². The third-order valence-electron chi connectivity index (χ3n) is 7.02. The average Bonchev–Trinajstić information content (AvgIpc) is 3.57. The molecule has 1 aromatic carbocycles. The van der Waals surface area contributed by atoms with Gasteiger partial charge in [-0.3, -0.25) is 10.1 Å². The van der Waals surface area contributed by atoms with Crippen LogP contribution in [0.25, 0.3) is 56.1 Å². The van der Waals surface area contributed by atoms with Crippen LogP contribution in [-0.2, 0) is 0 Å². The number of aromatic nitrogens is 7. The SMILES string of the molecule is Fc1cccc(-c2ccnc3[nH]c(-c4n[nH]c5ccc(-c6cncc(OC7CCCCC7)c6)nc45)nc23)c1. The van der Waals surface area contributed by atoms with Crippen LogP contribution in [0.4, 0.5) is 4.39 Å². The van der Waals surface area contributed by atoms with Crippen molar-refractivity contribution in [3.8, 4) is 39.7 Å². The summed E-state index contributed by atoms with van der Waals surface area (Å²) in [6.45, 7) is 0. The summed E-state index contributed by atoms with van der Waals surface area (Å²) in [4.78, 5) is 21.8. The summed E-state index contributed by atoms with van der Waals surface area (Å²) in [6, 6.07) is 14.1. The summed E-state index contributed by atoms with van der Waals surface area (Å²) in [5.74, 6) is 0.984. The van der Waals surface area contributed by atoms with E-state index >= 15 is 0 Å². The number of pyridine rings is 3. The molecule has 7 rings (SSSR count). The van der Waals surface area contributed by atoms with Gasteiger partial charge in [-0.15, -0.1) is 0 Å². The van der Waals surface area contributed by atoms with Gasteiger partial charge in [-0.05, 0) is 67.6 Å². The highest BCUT2D eigenvalue weighted by Gasteiger charge is 2.19. The molecule has 0 atom stereocenters. The van der Waals surface area contributed by atoms with Crippen molar-refractivity contribution in [3.05, 3.63) is 72.9 Å². The van der Waals surface area contributed by atoms with E-state index in [0.29, 0.717) is 28.2 Å². The Morgan fingerprint density at radius 2 is 1.82 bits per heavy atom. The number of imidazole rings is 1. The zero-order valence-electron chi connectivity index (χ0n) is 20.5. The summed E-state index contributed by atoms with van der Waals surface area (Å²) < 4.78 is 20.1. The molecule has 0 spiro atoms. The Kier molecular flexibility index (Phi) is 5.53. The first-order valence-electron chi connectivity index (χ1n) is 12.8. The average molecular weight is 506 g/mol. The zero-order valence-corrected chi connectivity index (χ0v) is 20.5. The lowest BCUT2D eigenvalue weighted by molar-refractivity contribution is 0.154. The lowest BCUT2D eigenvalue weighted by Gasteiger charge is -2.22. The van der Waals surface area contributed by atoms with Gasteiger partial charge in [-0.25, -0.2) is 19.3 Å². The van der Waals surface area contributed by atoms with E-state index in [1.807, 2.05) is 30.3 Å². The molecular formula is C29H24FN7O. The molecule has 0 aliphatic heterocycles. The second kappa shape index (κ2) is 9.33.